The van der Waals surface area contributed by atoms with Crippen molar-refractivity contribution in [3.05, 3.63) is 23.8 Å². The van der Waals surface area contributed by atoms with Crippen LogP contribution in [0, 0.1) is 0 Å². The predicted octanol–water partition coefficient (Wildman–Crippen LogP) is 1.80. The van der Waals surface area contributed by atoms with Crippen molar-refractivity contribution in [2.24, 2.45) is 0 Å². The van der Waals surface area contributed by atoms with Crippen LogP contribution in [0.4, 0.5) is 5.69 Å². The lowest BCUT2D eigenvalue weighted by Gasteiger charge is -2.35. The molecule has 106 valence electrons. The highest BCUT2D eigenvalue weighted by molar-refractivity contribution is 5.47. The number of hydrogen-bond acceptors (Lipinski definition) is 4. The Hall–Kier alpha value is -1.26. The molecule has 1 saturated heterocycles. The first-order valence-corrected chi connectivity index (χ1v) is 6.90. The minimum absolute atomic E-state index is 0.728. The number of nitrogens with two attached hydrogens (primary N) is 1. The quantitative estimate of drug-likeness (QED) is 0.841. The van der Waals surface area contributed by atoms with Crippen molar-refractivity contribution in [3.8, 4) is 5.75 Å². The molecule has 1 fully saturated rings. The number of piperidine rings is 1. The Morgan fingerprint density at radius 3 is 2.53 bits per heavy atom. The molecule has 0 aromatic heterocycles. The zero-order valence-corrected chi connectivity index (χ0v) is 12.2. The second kappa shape index (κ2) is 6.26. The number of methoxy groups -OCH3 is 1. The number of hydrogen-bond donors (Lipinski definition) is 1. The minimum atomic E-state index is 0.728. The van der Waals surface area contributed by atoms with Crippen LogP contribution in [0.15, 0.2) is 18.2 Å². The monoisotopic (exact) mass is 263 g/mol. The molecule has 0 saturated carbocycles. The van der Waals surface area contributed by atoms with Gasteiger partial charge in [0.25, 0.3) is 0 Å². The van der Waals surface area contributed by atoms with E-state index in [9.17, 15) is 0 Å². The molecule has 0 bridgehead atoms. The highest BCUT2D eigenvalue weighted by Gasteiger charge is 2.20. The highest BCUT2D eigenvalue weighted by atomic mass is 16.5. The summed E-state index contributed by atoms with van der Waals surface area (Å²) in [6, 6.07) is 6.71. The summed E-state index contributed by atoms with van der Waals surface area (Å²) in [5.41, 5.74) is 7.91. The Morgan fingerprint density at radius 2 is 1.95 bits per heavy atom. The molecule has 0 radical (unpaired) electrons. The molecule has 1 aliphatic heterocycles. The van der Waals surface area contributed by atoms with Gasteiger partial charge in [0.15, 0.2) is 0 Å². The fourth-order valence-corrected chi connectivity index (χ4v) is 2.75. The lowest BCUT2D eigenvalue weighted by molar-refractivity contribution is 0.140. The number of likely N-dealkylation sites (tertiary alicyclic amines) is 1. The largest absolute Gasteiger partial charge is 0.497 e. The fourth-order valence-electron chi connectivity index (χ4n) is 2.75. The first-order chi connectivity index (χ1) is 9.08. The van der Waals surface area contributed by atoms with Gasteiger partial charge in [0, 0.05) is 24.3 Å². The summed E-state index contributed by atoms with van der Waals surface area (Å²) in [5, 5.41) is 0. The normalized spacial score (nSPS) is 17.9. The number of nitrogen functional groups attached to an aromatic ring is 1. The molecule has 4 heteroatoms. The first kappa shape index (κ1) is 14.2. The Bertz CT molecular complexity index is 412. The molecular formula is C15H25N3O. The fraction of sp³-hybridized carbons (Fsp3) is 0.600. The summed E-state index contributed by atoms with van der Waals surface area (Å²) in [6.07, 6.45) is 2.49. The van der Waals surface area contributed by atoms with Gasteiger partial charge < -0.3 is 15.4 Å². The maximum Gasteiger partial charge on any atom is 0.121 e. The van der Waals surface area contributed by atoms with Gasteiger partial charge in [0.2, 0.25) is 0 Å². The van der Waals surface area contributed by atoms with Crippen molar-refractivity contribution in [1.82, 2.24) is 9.80 Å². The lowest BCUT2D eigenvalue weighted by Crippen LogP contribution is -2.41. The first-order valence-electron chi connectivity index (χ1n) is 6.90. The molecule has 0 unspecified atom stereocenters. The van der Waals surface area contributed by atoms with Crippen LogP contribution in [0.2, 0.25) is 0 Å². The van der Waals surface area contributed by atoms with Crippen LogP contribution in [-0.2, 0) is 6.54 Å². The van der Waals surface area contributed by atoms with Crippen LogP contribution in [0.25, 0.3) is 0 Å². The summed E-state index contributed by atoms with van der Waals surface area (Å²) in [7, 11) is 6.02. The van der Waals surface area contributed by atoms with Gasteiger partial charge in [0.05, 0.1) is 7.11 Å². The third kappa shape index (κ3) is 3.85. The molecule has 0 atom stereocenters. The van der Waals surface area contributed by atoms with Crippen molar-refractivity contribution >= 4 is 5.69 Å². The van der Waals surface area contributed by atoms with Crippen molar-refractivity contribution in [2.45, 2.75) is 25.4 Å². The molecule has 1 heterocycles. The molecule has 0 spiro atoms. The number of nitrogens with zero attached hydrogens (tertiary/aromatic N) is 2. The molecule has 1 aliphatic rings. The van der Waals surface area contributed by atoms with Crippen molar-refractivity contribution < 1.29 is 4.74 Å². The van der Waals surface area contributed by atoms with E-state index >= 15 is 0 Å². The maximum absolute atomic E-state index is 5.90. The van der Waals surface area contributed by atoms with Crippen LogP contribution >= 0.6 is 0 Å². The summed E-state index contributed by atoms with van der Waals surface area (Å²) < 4.78 is 5.27. The maximum atomic E-state index is 5.90. The van der Waals surface area contributed by atoms with Crippen LogP contribution in [-0.4, -0.2) is 50.1 Å². The van der Waals surface area contributed by atoms with Gasteiger partial charge >= 0.3 is 0 Å². The summed E-state index contributed by atoms with van der Waals surface area (Å²) in [5.74, 6) is 0.846. The average Bonchev–Trinajstić information content (AvgIpc) is 2.38. The Kier molecular flexibility index (Phi) is 4.66. The smallest absolute Gasteiger partial charge is 0.121 e. The Labute approximate surface area is 116 Å². The predicted molar refractivity (Wildman–Crippen MR) is 79.4 cm³/mol. The number of ether oxygens (including phenoxy) is 1. The van der Waals surface area contributed by atoms with Gasteiger partial charge in [-0.05, 0) is 57.7 Å². The van der Waals surface area contributed by atoms with Gasteiger partial charge in [-0.1, -0.05) is 0 Å². The molecule has 2 N–H and O–H groups in total. The Morgan fingerprint density at radius 1 is 1.26 bits per heavy atom. The number of benzene rings is 1. The van der Waals surface area contributed by atoms with E-state index in [1.165, 1.54) is 18.4 Å². The molecule has 0 aliphatic carbocycles. The second-order valence-corrected chi connectivity index (χ2v) is 5.59. The van der Waals surface area contributed by atoms with E-state index in [0.29, 0.717) is 0 Å². The molecule has 1 aromatic carbocycles. The minimum Gasteiger partial charge on any atom is -0.497 e. The standard InChI is InChI=1S/C15H25N3O/c1-17(2)14-4-6-18(7-5-14)11-12-8-13(16)10-15(9-12)19-3/h8-10,14H,4-7,11,16H2,1-3H3. The average molecular weight is 263 g/mol. The Balaban J connectivity index is 1.93. The third-order valence-corrected chi connectivity index (χ3v) is 3.92. The summed E-state index contributed by atoms with van der Waals surface area (Å²) in [4.78, 5) is 4.83. The van der Waals surface area contributed by atoms with E-state index in [2.05, 4.69) is 30.0 Å². The van der Waals surface area contributed by atoms with Gasteiger partial charge in [-0.2, -0.15) is 0 Å². The molecule has 4 nitrogen and oxygen atoms in total. The highest BCUT2D eigenvalue weighted by Crippen LogP contribution is 2.22. The molecule has 19 heavy (non-hydrogen) atoms. The van der Waals surface area contributed by atoms with Crippen molar-refractivity contribution in [2.75, 3.05) is 40.0 Å². The zero-order valence-electron chi connectivity index (χ0n) is 12.2. The van der Waals surface area contributed by atoms with Gasteiger partial charge in [0.1, 0.15) is 5.75 Å². The van der Waals surface area contributed by atoms with Crippen LogP contribution < -0.4 is 10.5 Å². The molecular weight excluding hydrogens is 238 g/mol. The van der Waals surface area contributed by atoms with Crippen LogP contribution in [0.5, 0.6) is 5.75 Å². The van der Waals surface area contributed by atoms with E-state index in [1.807, 2.05) is 12.1 Å². The van der Waals surface area contributed by atoms with Gasteiger partial charge in [-0.15, -0.1) is 0 Å². The molecule has 1 aromatic rings. The zero-order chi connectivity index (χ0) is 13.8. The van der Waals surface area contributed by atoms with E-state index < -0.39 is 0 Å². The van der Waals surface area contributed by atoms with Crippen LogP contribution in [0.3, 0.4) is 0 Å². The van der Waals surface area contributed by atoms with Gasteiger partial charge in [-0.25, -0.2) is 0 Å². The van der Waals surface area contributed by atoms with Crippen LogP contribution in [0.1, 0.15) is 18.4 Å². The third-order valence-electron chi connectivity index (χ3n) is 3.92. The van der Waals surface area contributed by atoms with E-state index in [0.717, 1.165) is 37.1 Å². The second-order valence-electron chi connectivity index (χ2n) is 5.59. The summed E-state index contributed by atoms with van der Waals surface area (Å²) in [6.45, 7) is 3.27. The molecule has 2 rings (SSSR count). The molecule has 0 amide bonds. The van der Waals surface area contributed by atoms with E-state index in [4.69, 9.17) is 10.5 Å². The topological polar surface area (TPSA) is 41.7 Å². The van der Waals surface area contributed by atoms with E-state index in [1.54, 1.807) is 7.11 Å². The summed E-state index contributed by atoms with van der Waals surface area (Å²) >= 11 is 0. The van der Waals surface area contributed by atoms with E-state index in [-0.39, 0.29) is 0 Å². The van der Waals surface area contributed by atoms with Gasteiger partial charge in [-0.3, -0.25) is 4.90 Å². The SMILES string of the molecule is COc1cc(N)cc(CN2CCC(N(C)C)CC2)c1. The van der Waals surface area contributed by atoms with Crippen molar-refractivity contribution in [1.29, 1.82) is 0 Å². The van der Waals surface area contributed by atoms with Crippen molar-refractivity contribution in [3.63, 3.8) is 0 Å². The lowest BCUT2D eigenvalue weighted by atomic mass is 10.0. The number of anilines is 1. The number of rotatable bonds is 4.